The minimum Gasteiger partial charge on any atom is -0.356 e. The van der Waals surface area contributed by atoms with Crippen molar-refractivity contribution in [3.8, 4) is 0 Å². The topological polar surface area (TPSA) is 45.2 Å². The first-order valence-electron chi connectivity index (χ1n) is 8.71. The lowest BCUT2D eigenvalue weighted by Crippen LogP contribution is -2.29. The van der Waals surface area contributed by atoms with Crippen LogP contribution in [-0.4, -0.2) is 41.1 Å². The Morgan fingerprint density at radius 2 is 1.70 bits per heavy atom. The highest BCUT2D eigenvalue weighted by atomic mass is 32.1. The molecule has 2 atom stereocenters. The van der Waals surface area contributed by atoms with Crippen molar-refractivity contribution < 1.29 is 13.2 Å². The molecule has 2 saturated heterocycles. The van der Waals surface area contributed by atoms with Crippen molar-refractivity contribution in [2.75, 3.05) is 36.0 Å². The number of halogens is 3. The largest absolute Gasteiger partial charge is 0.417 e. The molecule has 0 bridgehead atoms. The van der Waals surface area contributed by atoms with Gasteiger partial charge >= 0.3 is 6.18 Å². The second-order valence-electron chi connectivity index (χ2n) is 7.07. The standard InChI is InChI=1S/C18H16F3N5S/c19-18(20,21)13-1-2-16(23-5-13)25-7-11-9-26(10-12(11)8-25)17-24-14-6-22-4-3-15(14)27-17/h1-6,11-12H,7-10H2. The summed E-state index contributed by atoms with van der Waals surface area (Å²) in [6.45, 7) is 3.45. The second-order valence-corrected chi connectivity index (χ2v) is 8.08. The molecular weight excluding hydrogens is 375 g/mol. The van der Waals surface area contributed by atoms with Gasteiger partial charge in [-0.1, -0.05) is 11.3 Å². The van der Waals surface area contributed by atoms with Crippen LogP contribution in [0.3, 0.4) is 0 Å². The van der Waals surface area contributed by atoms with E-state index in [0.717, 1.165) is 53.8 Å². The normalized spacial score (nSPS) is 22.6. The van der Waals surface area contributed by atoms with Crippen molar-refractivity contribution in [2.45, 2.75) is 6.18 Å². The molecule has 3 aromatic heterocycles. The molecule has 2 aliphatic heterocycles. The van der Waals surface area contributed by atoms with Crippen LogP contribution in [0.5, 0.6) is 0 Å². The lowest BCUT2D eigenvalue weighted by molar-refractivity contribution is -0.137. The molecule has 9 heteroatoms. The van der Waals surface area contributed by atoms with E-state index < -0.39 is 11.7 Å². The molecule has 0 saturated carbocycles. The number of pyridine rings is 2. The molecule has 5 rings (SSSR count). The zero-order chi connectivity index (χ0) is 18.6. The first kappa shape index (κ1) is 16.7. The van der Waals surface area contributed by atoms with Crippen LogP contribution < -0.4 is 9.80 Å². The highest BCUT2D eigenvalue weighted by molar-refractivity contribution is 7.22. The number of aromatic nitrogens is 3. The van der Waals surface area contributed by atoms with Gasteiger partial charge in [0, 0.05) is 50.4 Å². The van der Waals surface area contributed by atoms with Crippen LogP contribution in [-0.2, 0) is 6.18 Å². The fourth-order valence-corrected chi connectivity index (χ4v) is 4.93. The van der Waals surface area contributed by atoms with E-state index in [-0.39, 0.29) is 0 Å². The predicted molar refractivity (Wildman–Crippen MR) is 98.1 cm³/mol. The van der Waals surface area contributed by atoms with Gasteiger partial charge < -0.3 is 9.80 Å². The molecule has 140 valence electrons. The number of hydrogen-bond acceptors (Lipinski definition) is 6. The number of fused-ring (bicyclic) bond motifs is 2. The zero-order valence-corrected chi connectivity index (χ0v) is 15.0. The molecule has 0 amide bonds. The van der Waals surface area contributed by atoms with Crippen molar-refractivity contribution in [1.82, 2.24) is 15.0 Å². The Kier molecular flexibility index (Phi) is 3.75. The van der Waals surface area contributed by atoms with E-state index in [9.17, 15) is 13.2 Å². The van der Waals surface area contributed by atoms with Crippen LogP contribution in [0.25, 0.3) is 10.2 Å². The third-order valence-electron chi connectivity index (χ3n) is 5.33. The molecule has 2 aliphatic rings. The highest BCUT2D eigenvalue weighted by Gasteiger charge is 2.41. The van der Waals surface area contributed by atoms with E-state index in [4.69, 9.17) is 0 Å². The Labute approximate surface area is 157 Å². The van der Waals surface area contributed by atoms with E-state index in [2.05, 4.69) is 24.8 Å². The summed E-state index contributed by atoms with van der Waals surface area (Å²) >= 11 is 1.68. The lowest BCUT2D eigenvalue weighted by Gasteiger charge is -2.22. The maximum absolute atomic E-state index is 12.7. The molecule has 3 aromatic rings. The molecule has 0 aliphatic carbocycles. The van der Waals surface area contributed by atoms with Gasteiger partial charge in [0.1, 0.15) is 11.3 Å². The predicted octanol–water partition coefficient (Wildman–Crippen LogP) is 3.68. The Balaban J connectivity index is 1.28. The summed E-state index contributed by atoms with van der Waals surface area (Å²) in [5.41, 5.74) is 0.215. The van der Waals surface area contributed by atoms with E-state index >= 15 is 0 Å². The van der Waals surface area contributed by atoms with E-state index in [1.165, 1.54) is 6.07 Å². The Morgan fingerprint density at radius 3 is 2.33 bits per heavy atom. The van der Waals surface area contributed by atoms with Gasteiger partial charge in [-0.15, -0.1) is 0 Å². The molecule has 2 unspecified atom stereocenters. The average Bonchev–Trinajstić information content (AvgIpc) is 3.33. The number of thiazole rings is 1. The maximum Gasteiger partial charge on any atom is 0.417 e. The number of rotatable bonds is 2. The zero-order valence-electron chi connectivity index (χ0n) is 14.2. The van der Waals surface area contributed by atoms with Gasteiger partial charge in [0.2, 0.25) is 0 Å². The van der Waals surface area contributed by atoms with Gasteiger partial charge in [0.25, 0.3) is 0 Å². The van der Waals surface area contributed by atoms with Crippen LogP contribution in [0.2, 0.25) is 0 Å². The van der Waals surface area contributed by atoms with Gasteiger partial charge in [-0.25, -0.2) is 9.97 Å². The van der Waals surface area contributed by atoms with E-state index in [1.54, 1.807) is 23.7 Å². The second kappa shape index (κ2) is 6.05. The Hall–Kier alpha value is -2.42. The Bertz CT molecular complexity index is 924. The van der Waals surface area contributed by atoms with Crippen molar-refractivity contribution in [1.29, 1.82) is 0 Å². The minimum atomic E-state index is -4.35. The summed E-state index contributed by atoms with van der Waals surface area (Å²) in [6, 6.07) is 4.56. The van der Waals surface area contributed by atoms with Crippen molar-refractivity contribution >= 4 is 32.5 Å². The van der Waals surface area contributed by atoms with Crippen LogP contribution in [0.15, 0.2) is 36.8 Å². The third kappa shape index (κ3) is 2.99. The summed E-state index contributed by atoms with van der Waals surface area (Å²) in [7, 11) is 0. The summed E-state index contributed by atoms with van der Waals surface area (Å²) in [5, 5.41) is 1.02. The molecule has 0 aromatic carbocycles. The van der Waals surface area contributed by atoms with Gasteiger partial charge in [-0.3, -0.25) is 4.98 Å². The summed E-state index contributed by atoms with van der Waals surface area (Å²) in [6.07, 6.45) is 0.132. The van der Waals surface area contributed by atoms with Gasteiger partial charge in [-0.2, -0.15) is 13.2 Å². The van der Waals surface area contributed by atoms with Crippen LogP contribution >= 0.6 is 11.3 Å². The van der Waals surface area contributed by atoms with Crippen LogP contribution in [0.4, 0.5) is 24.1 Å². The molecule has 0 N–H and O–H groups in total. The smallest absolute Gasteiger partial charge is 0.356 e. The van der Waals surface area contributed by atoms with Gasteiger partial charge in [0.15, 0.2) is 5.13 Å². The Morgan fingerprint density at radius 1 is 0.963 bits per heavy atom. The number of anilines is 2. The van der Waals surface area contributed by atoms with Crippen LogP contribution in [0.1, 0.15) is 5.56 Å². The van der Waals surface area contributed by atoms with Crippen LogP contribution in [0, 0.1) is 11.8 Å². The molecule has 5 heterocycles. The van der Waals surface area contributed by atoms with E-state index in [0.29, 0.717) is 17.7 Å². The fourth-order valence-electron chi connectivity index (χ4n) is 3.98. The third-order valence-corrected chi connectivity index (χ3v) is 6.43. The number of nitrogens with zero attached hydrogens (tertiary/aromatic N) is 5. The molecule has 5 nitrogen and oxygen atoms in total. The molecule has 2 fully saturated rings. The van der Waals surface area contributed by atoms with E-state index in [1.807, 2.05) is 6.07 Å². The van der Waals surface area contributed by atoms with Gasteiger partial charge in [-0.05, 0) is 18.2 Å². The molecule has 0 radical (unpaired) electrons. The summed E-state index contributed by atoms with van der Waals surface area (Å²) in [5.74, 6) is 1.56. The lowest BCUT2D eigenvalue weighted by atomic mass is 10.0. The van der Waals surface area contributed by atoms with Gasteiger partial charge in [0.05, 0.1) is 16.5 Å². The van der Waals surface area contributed by atoms with Crippen molar-refractivity contribution in [3.63, 3.8) is 0 Å². The quantitative estimate of drug-likeness (QED) is 0.667. The monoisotopic (exact) mass is 391 g/mol. The first-order chi connectivity index (χ1) is 13.0. The molecule has 0 spiro atoms. The molecule has 27 heavy (non-hydrogen) atoms. The average molecular weight is 391 g/mol. The number of hydrogen-bond donors (Lipinski definition) is 0. The SMILES string of the molecule is FC(F)(F)c1ccc(N2CC3CN(c4nc5cnccc5s4)CC3C2)nc1. The fraction of sp³-hybridized carbons (Fsp3) is 0.389. The minimum absolute atomic E-state index is 0.472. The molecular formula is C18H16F3N5S. The first-order valence-corrected chi connectivity index (χ1v) is 9.53. The summed E-state index contributed by atoms with van der Waals surface area (Å²) in [4.78, 5) is 17.2. The number of alkyl halides is 3. The van der Waals surface area contributed by atoms with Crippen molar-refractivity contribution in [3.05, 3.63) is 42.4 Å². The summed E-state index contributed by atoms with van der Waals surface area (Å²) < 4.78 is 39.2. The maximum atomic E-state index is 12.7. The highest BCUT2D eigenvalue weighted by Crippen LogP contribution is 2.38. The van der Waals surface area contributed by atoms with Crippen molar-refractivity contribution in [2.24, 2.45) is 11.8 Å².